The second-order valence-electron chi connectivity index (χ2n) is 5.11. The number of amides is 1. The van der Waals surface area contributed by atoms with Crippen LogP contribution in [0, 0.1) is 0 Å². The van der Waals surface area contributed by atoms with Crippen molar-refractivity contribution in [2.45, 2.75) is 6.18 Å². The van der Waals surface area contributed by atoms with Crippen LogP contribution in [0.5, 0.6) is 5.88 Å². The molecular weight excluding hydrogens is 371 g/mol. The van der Waals surface area contributed by atoms with Crippen molar-refractivity contribution in [3.05, 3.63) is 42.1 Å². The van der Waals surface area contributed by atoms with Crippen LogP contribution in [0.3, 0.4) is 0 Å². The van der Waals surface area contributed by atoms with Crippen LogP contribution in [-0.2, 0) is 9.63 Å². The van der Waals surface area contributed by atoms with Crippen molar-refractivity contribution in [2.75, 3.05) is 7.11 Å². The van der Waals surface area contributed by atoms with Gasteiger partial charge in [-0.1, -0.05) is 0 Å². The molecule has 8 nitrogen and oxygen atoms in total. The lowest BCUT2D eigenvalue weighted by Crippen LogP contribution is -2.34. The first kappa shape index (κ1) is 18.2. The SMILES string of the molecule is COc1ccc(-c2nc3cc(C(=O)NOC(=O)C(F)(F)F)ccc3o2)cn1. The number of halogens is 3. The molecular formula is C16H10F3N3O5. The molecule has 0 saturated carbocycles. The van der Waals surface area contributed by atoms with Gasteiger partial charge in [0.15, 0.2) is 5.58 Å². The first-order valence-electron chi connectivity index (χ1n) is 7.27. The Balaban J connectivity index is 1.79. The minimum atomic E-state index is -5.22. The van der Waals surface area contributed by atoms with E-state index < -0.39 is 18.1 Å². The molecule has 3 rings (SSSR count). The fraction of sp³-hybridized carbons (Fsp3) is 0.125. The number of methoxy groups -OCH3 is 1. The number of pyridine rings is 1. The van der Waals surface area contributed by atoms with Crippen LogP contribution in [0.15, 0.2) is 40.9 Å². The Labute approximate surface area is 148 Å². The number of carbonyl (C=O) groups excluding carboxylic acids is 2. The van der Waals surface area contributed by atoms with E-state index in [9.17, 15) is 22.8 Å². The number of ether oxygens (including phenoxy) is 1. The molecule has 140 valence electrons. The summed E-state index contributed by atoms with van der Waals surface area (Å²) in [6, 6.07) is 7.23. The van der Waals surface area contributed by atoms with Gasteiger partial charge in [0, 0.05) is 17.8 Å². The molecule has 2 heterocycles. The van der Waals surface area contributed by atoms with Crippen LogP contribution in [0.1, 0.15) is 10.4 Å². The van der Waals surface area contributed by atoms with Gasteiger partial charge >= 0.3 is 12.1 Å². The van der Waals surface area contributed by atoms with E-state index in [1.54, 1.807) is 12.1 Å². The van der Waals surface area contributed by atoms with Crippen LogP contribution >= 0.6 is 0 Å². The summed E-state index contributed by atoms with van der Waals surface area (Å²) in [6.07, 6.45) is -3.74. The number of fused-ring (bicyclic) bond motifs is 1. The third-order valence-electron chi connectivity index (χ3n) is 3.31. The quantitative estimate of drug-likeness (QED) is 0.696. The number of hydroxylamine groups is 1. The molecule has 27 heavy (non-hydrogen) atoms. The Morgan fingerprint density at radius 2 is 1.96 bits per heavy atom. The van der Waals surface area contributed by atoms with E-state index in [0.29, 0.717) is 17.0 Å². The zero-order chi connectivity index (χ0) is 19.6. The van der Waals surface area contributed by atoms with E-state index in [-0.39, 0.29) is 17.0 Å². The zero-order valence-corrected chi connectivity index (χ0v) is 13.5. The second kappa shape index (κ2) is 6.94. The summed E-state index contributed by atoms with van der Waals surface area (Å²) in [5.74, 6) is -2.96. The van der Waals surface area contributed by atoms with Crippen LogP contribution in [0.25, 0.3) is 22.6 Å². The van der Waals surface area contributed by atoms with Crippen molar-refractivity contribution in [2.24, 2.45) is 0 Å². The number of carbonyl (C=O) groups is 2. The zero-order valence-electron chi connectivity index (χ0n) is 13.5. The number of aromatic nitrogens is 2. The summed E-state index contributed by atoms with van der Waals surface area (Å²) < 4.78 is 46.7. The van der Waals surface area contributed by atoms with Crippen molar-refractivity contribution in [1.29, 1.82) is 0 Å². The Morgan fingerprint density at radius 3 is 2.59 bits per heavy atom. The minimum Gasteiger partial charge on any atom is -0.481 e. The Hall–Kier alpha value is -3.63. The lowest BCUT2D eigenvalue weighted by Gasteiger charge is -2.07. The van der Waals surface area contributed by atoms with E-state index in [2.05, 4.69) is 14.8 Å². The highest BCUT2D eigenvalue weighted by molar-refractivity contribution is 5.97. The third kappa shape index (κ3) is 3.97. The average Bonchev–Trinajstić information content (AvgIpc) is 3.08. The topological polar surface area (TPSA) is 104 Å². The van der Waals surface area contributed by atoms with Gasteiger partial charge < -0.3 is 14.0 Å². The van der Waals surface area contributed by atoms with Gasteiger partial charge in [0.25, 0.3) is 5.91 Å². The van der Waals surface area contributed by atoms with Gasteiger partial charge in [-0.25, -0.2) is 14.8 Å². The highest BCUT2D eigenvalue weighted by atomic mass is 19.4. The summed E-state index contributed by atoms with van der Waals surface area (Å²) in [7, 11) is 1.47. The Bertz CT molecular complexity index is 999. The predicted molar refractivity (Wildman–Crippen MR) is 83.4 cm³/mol. The Kier molecular flexibility index (Phi) is 4.67. The molecule has 0 fully saturated rings. The average molecular weight is 381 g/mol. The van der Waals surface area contributed by atoms with Gasteiger partial charge in [0.1, 0.15) is 5.52 Å². The van der Waals surface area contributed by atoms with Gasteiger partial charge in [0.05, 0.1) is 12.7 Å². The van der Waals surface area contributed by atoms with Gasteiger partial charge in [-0.3, -0.25) is 4.79 Å². The number of hydrogen-bond donors (Lipinski definition) is 1. The molecule has 2 aromatic heterocycles. The molecule has 0 aliphatic rings. The summed E-state index contributed by atoms with van der Waals surface area (Å²) in [6.45, 7) is 0. The highest BCUT2D eigenvalue weighted by Gasteiger charge is 2.42. The number of benzene rings is 1. The fourth-order valence-corrected chi connectivity index (χ4v) is 2.03. The summed E-state index contributed by atoms with van der Waals surface area (Å²) in [5.41, 5.74) is 2.52. The number of nitrogens with zero attached hydrogens (tertiary/aromatic N) is 2. The van der Waals surface area contributed by atoms with E-state index in [1.807, 2.05) is 0 Å². The maximum atomic E-state index is 12.1. The number of alkyl halides is 3. The number of oxazole rings is 1. The first-order chi connectivity index (χ1) is 12.8. The van der Waals surface area contributed by atoms with Crippen molar-refractivity contribution < 1.29 is 36.8 Å². The van der Waals surface area contributed by atoms with E-state index >= 15 is 0 Å². The van der Waals surface area contributed by atoms with Gasteiger partial charge in [-0.05, 0) is 24.3 Å². The van der Waals surface area contributed by atoms with E-state index in [0.717, 1.165) is 0 Å². The minimum absolute atomic E-state index is 0.0785. The summed E-state index contributed by atoms with van der Waals surface area (Å²) in [5, 5.41) is 0. The van der Waals surface area contributed by atoms with E-state index in [1.165, 1.54) is 37.0 Å². The molecule has 1 N–H and O–H groups in total. The first-order valence-corrected chi connectivity index (χ1v) is 7.27. The molecule has 0 bridgehead atoms. The largest absolute Gasteiger partial charge is 0.493 e. The molecule has 0 aliphatic carbocycles. The molecule has 0 unspecified atom stereocenters. The number of nitrogens with one attached hydrogen (secondary N) is 1. The van der Waals surface area contributed by atoms with Gasteiger partial charge in [-0.2, -0.15) is 18.7 Å². The lowest BCUT2D eigenvalue weighted by atomic mass is 10.2. The van der Waals surface area contributed by atoms with Crippen LogP contribution < -0.4 is 10.2 Å². The molecule has 0 spiro atoms. The standard InChI is InChI=1S/C16H10F3N3O5/c1-25-12-5-3-9(7-20-12)14-21-10-6-8(2-4-11(10)26-14)13(23)22-27-15(24)16(17,18)19/h2-7H,1H3,(H,22,23). The lowest BCUT2D eigenvalue weighted by molar-refractivity contribution is -0.204. The van der Waals surface area contributed by atoms with Crippen molar-refractivity contribution >= 4 is 23.0 Å². The maximum absolute atomic E-state index is 12.1. The molecule has 0 saturated heterocycles. The molecule has 11 heteroatoms. The van der Waals surface area contributed by atoms with Crippen molar-refractivity contribution in [3.63, 3.8) is 0 Å². The number of rotatable bonds is 3. The van der Waals surface area contributed by atoms with Crippen LogP contribution in [-0.4, -0.2) is 35.1 Å². The van der Waals surface area contributed by atoms with Crippen molar-refractivity contribution in [1.82, 2.24) is 15.4 Å². The Morgan fingerprint density at radius 1 is 1.19 bits per heavy atom. The normalized spacial score (nSPS) is 11.3. The summed E-state index contributed by atoms with van der Waals surface area (Å²) in [4.78, 5) is 34.4. The maximum Gasteiger partial charge on any atom is 0.493 e. The monoisotopic (exact) mass is 381 g/mol. The number of hydrogen-bond acceptors (Lipinski definition) is 7. The molecule has 3 aromatic rings. The second-order valence-corrected chi connectivity index (χ2v) is 5.11. The molecule has 1 amide bonds. The van der Waals surface area contributed by atoms with Gasteiger partial charge in [0.2, 0.25) is 11.8 Å². The molecule has 1 aromatic carbocycles. The van der Waals surface area contributed by atoms with Crippen LogP contribution in [0.4, 0.5) is 13.2 Å². The summed E-state index contributed by atoms with van der Waals surface area (Å²) >= 11 is 0. The fourth-order valence-electron chi connectivity index (χ4n) is 2.03. The highest BCUT2D eigenvalue weighted by Crippen LogP contribution is 2.25. The molecule has 0 atom stereocenters. The van der Waals surface area contributed by atoms with Crippen LogP contribution in [0.2, 0.25) is 0 Å². The van der Waals surface area contributed by atoms with Crippen molar-refractivity contribution in [3.8, 4) is 17.3 Å². The van der Waals surface area contributed by atoms with Gasteiger partial charge in [-0.15, -0.1) is 0 Å². The van der Waals surface area contributed by atoms with E-state index in [4.69, 9.17) is 9.15 Å². The smallest absolute Gasteiger partial charge is 0.481 e. The molecule has 0 aliphatic heterocycles. The molecule has 0 radical (unpaired) electrons. The third-order valence-corrected chi connectivity index (χ3v) is 3.31. The predicted octanol–water partition coefficient (Wildman–Crippen LogP) is 2.65.